The lowest BCUT2D eigenvalue weighted by Gasteiger charge is -2.35. The first-order valence-corrected chi connectivity index (χ1v) is 23.0. The number of nitrogens with one attached hydrogen (secondary N) is 4. The van der Waals surface area contributed by atoms with E-state index >= 15 is 0 Å². The maximum absolute atomic E-state index is 14.3. The van der Waals surface area contributed by atoms with Crippen molar-refractivity contribution >= 4 is 60.3 Å². The summed E-state index contributed by atoms with van der Waals surface area (Å²) in [5.41, 5.74) is 4.08. The van der Waals surface area contributed by atoms with Crippen LogP contribution in [0.2, 0.25) is 0 Å². The summed E-state index contributed by atoms with van der Waals surface area (Å²) in [5.74, 6) is -2.15. The number of rotatable bonds is 14. The fraction of sp³-hybridized carbons (Fsp3) is 0.318. The van der Waals surface area contributed by atoms with E-state index in [-0.39, 0.29) is 69.4 Å². The van der Waals surface area contributed by atoms with Crippen LogP contribution in [0.15, 0.2) is 123 Å². The highest BCUT2D eigenvalue weighted by molar-refractivity contribution is 7.89. The van der Waals surface area contributed by atoms with Gasteiger partial charge in [0.2, 0.25) is 37.6 Å². The molecule has 0 unspecified atom stereocenters. The third kappa shape index (κ3) is 9.21. The molecule has 7 rings (SSSR count). The summed E-state index contributed by atoms with van der Waals surface area (Å²) in [6, 6.07) is 19.1. The van der Waals surface area contributed by atoms with Gasteiger partial charge in [-0.1, -0.05) is 42.2 Å². The van der Waals surface area contributed by atoms with Crippen molar-refractivity contribution in [2.75, 3.05) is 49.5 Å². The number of benzene rings is 3. The van der Waals surface area contributed by atoms with Crippen molar-refractivity contribution in [1.82, 2.24) is 14.8 Å². The number of carbonyl (C=O) groups excluding carboxylic acids is 3. The number of amides is 2. The number of aryl methyl sites for hydroxylation is 1. The molecule has 0 aromatic heterocycles. The van der Waals surface area contributed by atoms with Gasteiger partial charge in [-0.3, -0.25) is 14.4 Å². The molecule has 314 valence electrons. The van der Waals surface area contributed by atoms with Crippen LogP contribution in [0, 0.1) is 6.92 Å². The lowest BCUT2D eigenvalue weighted by Crippen LogP contribution is -2.36. The van der Waals surface area contributed by atoms with Crippen LogP contribution in [-0.4, -0.2) is 84.0 Å². The Balaban J connectivity index is 1.17. The maximum Gasteiger partial charge on any atom is 0.240 e. The quantitative estimate of drug-likeness (QED) is 0.139. The first kappa shape index (κ1) is 42.4. The Morgan fingerprint density at radius 1 is 0.733 bits per heavy atom. The summed E-state index contributed by atoms with van der Waals surface area (Å²) in [4.78, 5) is 43.4. The van der Waals surface area contributed by atoms with Gasteiger partial charge >= 0.3 is 0 Å². The van der Waals surface area contributed by atoms with Crippen LogP contribution in [-0.2, 0) is 34.4 Å². The second-order valence-corrected chi connectivity index (χ2v) is 18.7. The Morgan fingerprint density at radius 3 is 1.83 bits per heavy atom. The van der Waals surface area contributed by atoms with Crippen LogP contribution >= 0.6 is 0 Å². The molecular weight excluding hydrogens is 805 g/mol. The van der Waals surface area contributed by atoms with E-state index in [9.17, 15) is 36.3 Å². The second-order valence-electron chi connectivity index (χ2n) is 15.2. The third-order valence-corrected chi connectivity index (χ3v) is 13.9. The van der Waals surface area contributed by atoms with E-state index in [2.05, 4.69) is 29.6 Å². The summed E-state index contributed by atoms with van der Waals surface area (Å²) >= 11 is 0. The van der Waals surface area contributed by atoms with Gasteiger partial charge in [-0.2, -0.15) is 0 Å². The molecule has 0 radical (unpaired) electrons. The van der Waals surface area contributed by atoms with Gasteiger partial charge in [0.1, 0.15) is 13.1 Å². The minimum atomic E-state index is -3.85. The van der Waals surface area contributed by atoms with Crippen LogP contribution in [0.5, 0.6) is 0 Å². The zero-order chi connectivity index (χ0) is 42.6. The molecule has 2 aliphatic carbocycles. The number of hydrogen-bond donors (Lipinski definition) is 4. The lowest BCUT2D eigenvalue weighted by molar-refractivity contribution is -0.504. The molecule has 0 atom stereocenters. The van der Waals surface area contributed by atoms with Gasteiger partial charge in [0.25, 0.3) is 0 Å². The van der Waals surface area contributed by atoms with Gasteiger partial charge in [-0.05, 0) is 74.7 Å². The zero-order valence-corrected chi connectivity index (χ0v) is 35.2. The van der Waals surface area contributed by atoms with Gasteiger partial charge in [-0.25, -0.2) is 30.9 Å². The smallest absolute Gasteiger partial charge is 0.240 e. The van der Waals surface area contributed by atoms with Gasteiger partial charge in [0.15, 0.2) is 5.78 Å². The standard InChI is InChI=1S/C44H48N6O8S2/c1-29-25-33(35(27-37(29)49-21-9-10-22-49)47-39(51)17-19-45-59(55,56)31-13-5-3-6-14-31)41-43(53)42(44(41)54)34-26-30(2)38(50-23-11-12-24-50)28-36(34)48-40(52)18-20-46-60(57,58)32-15-7-4-8-16-32/h3-8,13-16,25-28,45-46H,9-12,17-24H2,1-2H3,(H2,47,48,51,52,53,54). The minimum absolute atomic E-state index is 0.0712. The van der Waals surface area contributed by atoms with Gasteiger partial charge in [-0.15, -0.1) is 0 Å². The predicted molar refractivity (Wildman–Crippen MR) is 227 cm³/mol. The summed E-state index contributed by atoms with van der Waals surface area (Å²) in [6.07, 6.45) is 7.04. The van der Waals surface area contributed by atoms with Crippen LogP contribution in [0.4, 0.5) is 11.4 Å². The van der Waals surface area contributed by atoms with E-state index in [1.165, 1.54) is 24.3 Å². The fourth-order valence-electron chi connectivity index (χ4n) is 7.88. The van der Waals surface area contributed by atoms with Crippen LogP contribution in [0.25, 0.3) is 5.57 Å². The molecule has 2 saturated heterocycles. The van der Waals surface area contributed by atoms with E-state index in [0.717, 1.165) is 74.4 Å². The molecule has 4 N–H and O–H groups in total. The first-order valence-electron chi connectivity index (χ1n) is 20.1. The molecule has 16 heteroatoms. The SMILES string of the molecule is CC1=C/C(=C2\C(=O)C(c3cc(C)c(N4CCCC4)cc3NC(=O)CCNS(=O)(=O)c3ccccc3)=C2[O-])C(NC(=O)CCNS(=O)(=O)c2ccccc2)=CC1=[N+]1CCCC1. The Morgan fingerprint density at radius 2 is 1.28 bits per heavy atom. The van der Waals surface area contributed by atoms with Crippen LogP contribution in [0.1, 0.15) is 56.6 Å². The number of anilines is 2. The third-order valence-electron chi connectivity index (χ3n) is 11.0. The Bertz CT molecular complexity index is 2600. The van der Waals surface area contributed by atoms with Gasteiger partial charge in [0.05, 0.1) is 21.2 Å². The molecule has 0 saturated carbocycles. The highest BCUT2D eigenvalue weighted by Crippen LogP contribution is 2.43. The molecule has 2 aliphatic heterocycles. The Hall–Kier alpha value is -5.68. The summed E-state index contributed by atoms with van der Waals surface area (Å²) in [6.45, 7) is 6.62. The maximum atomic E-state index is 14.3. The molecule has 2 amide bonds. The van der Waals surface area contributed by atoms with Crippen LogP contribution < -0.4 is 30.1 Å². The van der Waals surface area contributed by atoms with Gasteiger partial charge in [0, 0.05) is 91.5 Å². The van der Waals surface area contributed by atoms with Gasteiger partial charge < -0.3 is 20.6 Å². The molecule has 3 aromatic rings. The average Bonchev–Trinajstić information content (AvgIpc) is 3.97. The number of nitrogens with zero attached hydrogens (tertiary/aromatic N) is 2. The lowest BCUT2D eigenvalue weighted by atomic mass is 9.77. The molecule has 14 nitrogen and oxygen atoms in total. The molecule has 0 bridgehead atoms. The largest absolute Gasteiger partial charge is 0.871 e. The predicted octanol–water partition coefficient (Wildman–Crippen LogP) is 3.43. The monoisotopic (exact) mass is 852 g/mol. The molecule has 2 fully saturated rings. The van der Waals surface area contributed by atoms with Crippen molar-refractivity contribution in [1.29, 1.82) is 0 Å². The summed E-state index contributed by atoms with van der Waals surface area (Å²) < 4.78 is 58.1. The van der Waals surface area contributed by atoms with Crippen molar-refractivity contribution in [3.05, 3.63) is 124 Å². The van der Waals surface area contributed by atoms with E-state index in [1.807, 2.05) is 13.8 Å². The highest BCUT2D eigenvalue weighted by Gasteiger charge is 2.36. The van der Waals surface area contributed by atoms with E-state index in [4.69, 9.17) is 0 Å². The molecule has 2 heterocycles. The van der Waals surface area contributed by atoms with E-state index in [0.29, 0.717) is 0 Å². The highest BCUT2D eigenvalue weighted by atomic mass is 32.2. The number of Topliss-reactive ketones (excluding diaryl/α,β-unsaturated/α-hetero) is 1. The second kappa shape index (κ2) is 17.9. The van der Waals surface area contributed by atoms with Crippen molar-refractivity contribution in [2.24, 2.45) is 0 Å². The van der Waals surface area contributed by atoms with E-state index < -0.39 is 43.4 Å². The number of hydrogen-bond acceptors (Lipinski definition) is 9. The molecule has 0 spiro atoms. The number of carbonyl (C=O) groups is 3. The number of allylic oxidation sites excluding steroid dienone is 5. The zero-order valence-electron chi connectivity index (χ0n) is 33.5. The normalized spacial score (nSPS) is 18.4. The van der Waals surface area contributed by atoms with Crippen LogP contribution in [0.3, 0.4) is 0 Å². The molecule has 60 heavy (non-hydrogen) atoms. The number of sulfonamides is 2. The molecule has 3 aromatic carbocycles. The summed E-state index contributed by atoms with van der Waals surface area (Å²) in [5, 5.41) is 20.0. The average molecular weight is 853 g/mol. The first-order chi connectivity index (χ1) is 28.7. The van der Waals surface area contributed by atoms with Crippen molar-refractivity contribution < 1.29 is 40.9 Å². The number of ketones is 1. The molecule has 4 aliphatic rings. The fourth-order valence-corrected chi connectivity index (χ4v) is 9.99. The minimum Gasteiger partial charge on any atom is -0.871 e. The van der Waals surface area contributed by atoms with Crippen molar-refractivity contribution in [3.63, 3.8) is 0 Å². The van der Waals surface area contributed by atoms with E-state index in [1.54, 1.807) is 60.7 Å². The van der Waals surface area contributed by atoms with Crippen molar-refractivity contribution in [2.45, 2.75) is 62.2 Å². The van der Waals surface area contributed by atoms with Crippen molar-refractivity contribution in [3.8, 4) is 0 Å². The summed E-state index contributed by atoms with van der Waals surface area (Å²) in [7, 11) is -7.70. The topological polar surface area (TPSA) is 197 Å². The Kier molecular flexibility index (Phi) is 12.7. The molecular formula is C44H48N6O8S2. The Labute approximate surface area is 350 Å².